The van der Waals surface area contributed by atoms with Crippen molar-refractivity contribution in [2.45, 2.75) is 32.7 Å². The van der Waals surface area contributed by atoms with E-state index >= 15 is 0 Å². The summed E-state index contributed by atoms with van der Waals surface area (Å²) in [6, 6.07) is 9.44. The number of para-hydroxylation sites is 1. The number of benzene rings is 1. The molecule has 0 bridgehead atoms. The van der Waals surface area contributed by atoms with E-state index in [4.69, 9.17) is 4.74 Å². The van der Waals surface area contributed by atoms with Gasteiger partial charge in [-0.3, -0.25) is 14.2 Å². The van der Waals surface area contributed by atoms with Gasteiger partial charge in [0, 0.05) is 4.88 Å². The van der Waals surface area contributed by atoms with Gasteiger partial charge in [-0.25, -0.2) is 4.98 Å². The van der Waals surface area contributed by atoms with Crippen molar-refractivity contribution in [2.24, 2.45) is 5.92 Å². The van der Waals surface area contributed by atoms with Crippen LogP contribution in [-0.4, -0.2) is 28.6 Å². The molecule has 3 aromatic rings. The van der Waals surface area contributed by atoms with Gasteiger partial charge in [-0.2, -0.15) is 0 Å². The largest absolute Gasteiger partial charge is 0.492 e. The van der Waals surface area contributed by atoms with Crippen molar-refractivity contribution in [1.29, 1.82) is 0 Å². The van der Waals surface area contributed by atoms with Crippen LogP contribution < -0.4 is 15.6 Å². The maximum absolute atomic E-state index is 12.9. The first-order chi connectivity index (χ1) is 13.6. The van der Waals surface area contributed by atoms with Crippen molar-refractivity contribution < 1.29 is 9.53 Å². The lowest BCUT2D eigenvalue weighted by Gasteiger charge is -2.17. The van der Waals surface area contributed by atoms with Crippen molar-refractivity contribution in [3.63, 3.8) is 0 Å². The van der Waals surface area contributed by atoms with E-state index in [2.05, 4.69) is 17.2 Å². The fourth-order valence-corrected chi connectivity index (χ4v) is 4.91. The number of fused-ring (bicyclic) bond motifs is 3. The van der Waals surface area contributed by atoms with Gasteiger partial charge in [0.2, 0.25) is 5.91 Å². The lowest BCUT2D eigenvalue weighted by molar-refractivity contribution is -0.121. The third kappa shape index (κ3) is 3.94. The molecule has 0 unspecified atom stereocenters. The molecule has 1 aliphatic rings. The van der Waals surface area contributed by atoms with Gasteiger partial charge >= 0.3 is 0 Å². The van der Waals surface area contributed by atoms with Crippen LogP contribution in [0, 0.1) is 5.92 Å². The molecular weight excluding hydrogens is 374 g/mol. The first-order valence-electron chi connectivity index (χ1n) is 9.56. The summed E-state index contributed by atoms with van der Waals surface area (Å²) in [5, 5.41) is 3.49. The van der Waals surface area contributed by atoms with Crippen LogP contribution in [0.15, 0.2) is 41.5 Å². The van der Waals surface area contributed by atoms with Crippen molar-refractivity contribution in [3.8, 4) is 5.75 Å². The van der Waals surface area contributed by atoms with Crippen LogP contribution in [0.2, 0.25) is 0 Å². The molecule has 0 radical (unpaired) electrons. The van der Waals surface area contributed by atoms with E-state index in [9.17, 15) is 9.59 Å². The number of ether oxygens (including phenoxy) is 1. The van der Waals surface area contributed by atoms with Crippen molar-refractivity contribution in [3.05, 3.63) is 57.5 Å². The number of hydrogen-bond acceptors (Lipinski definition) is 5. The van der Waals surface area contributed by atoms with E-state index in [1.54, 1.807) is 11.3 Å². The minimum atomic E-state index is -0.224. The molecule has 0 spiro atoms. The molecule has 6 nitrogen and oxygen atoms in total. The Morgan fingerprint density at radius 3 is 3.00 bits per heavy atom. The maximum atomic E-state index is 12.9. The predicted molar refractivity (Wildman–Crippen MR) is 110 cm³/mol. The predicted octanol–water partition coefficient (Wildman–Crippen LogP) is 2.78. The molecule has 0 aliphatic heterocycles. The first-order valence-corrected chi connectivity index (χ1v) is 10.4. The number of carbonyl (C=O) groups is 1. The van der Waals surface area contributed by atoms with Crippen LogP contribution in [0.5, 0.6) is 5.75 Å². The normalized spacial score (nSPS) is 16.0. The highest BCUT2D eigenvalue weighted by atomic mass is 32.1. The molecular formula is C21H23N3O3S. The highest BCUT2D eigenvalue weighted by Crippen LogP contribution is 2.35. The molecule has 2 heterocycles. The van der Waals surface area contributed by atoms with Crippen LogP contribution in [0.4, 0.5) is 0 Å². The Labute approximate surface area is 167 Å². The van der Waals surface area contributed by atoms with Gasteiger partial charge in [0.1, 0.15) is 23.7 Å². The molecule has 0 saturated carbocycles. The van der Waals surface area contributed by atoms with Gasteiger partial charge < -0.3 is 10.1 Å². The molecule has 1 aliphatic carbocycles. The summed E-state index contributed by atoms with van der Waals surface area (Å²) in [4.78, 5) is 31.7. The second-order valence-electron chi connectivity index (χ2n) is 7.22. The highest BCUT2D eigenvalue weighted by Gasteiger charge is 2.23. The van der Waals surface area contributed by atoms with E-state index in [-0.39, 0.29) is 18.0 Å². The average Bonchev–Trinajstić information content (AvgIpc) is 3.06. The fraction of sp³-hybridized carbons (Fsp3) is 0.381. The Morgan fingerprint density at radius 2 is 2.18 bits per heavy atom. The summed E-state index contributed by atoms with van der Waals surface area (Å²) in [6.07, 6.45) is 4.50. The summed E-state index contributed by atoms with van der Waals surface area (Å²) in [5.41, 5.74) is 1.02. The Kier molecular flexibility index (Phi) is 5.43. The molecule has 7 heteroatoms. The Hall–Kier alpha value is -2.67. The number of rotatable bonds is 6. The number of amides is 1. The Morgan fingerprint density at radius 1 is 1.36 bits per heavy atom. The highest BCUT2D eigenvalue weighted by molar-refractivity contribution is 7.18. The van der Waals surface area contributed by atoms with Gasteiger partial charge in [-0.15, -0.1) is 11.3 Å². The maximum Gasteiger partial charge on any atom is 0.262 e. The number of nitrogens with zero attached hydrogens (tertiary/aromatic N) is 2. The van der Waals surface area contributed by atoms with E-state index in [1.807, 2.05) is 30.3 Å². The zero-order valence-corrected chi connectivity index (χ0v) is 16.6. The molecule has 4 rings (SSSR count). The summed E-state index contributed by atoms with van der Waals surface area (Å²) >= 11 is 1.62. The summed E-state index contributed by atoms with van der Waals surface area (Å²) in [6.45, 7) is 2.96. The first kappa shape index (κ1) is 18.7. The number of hydrogen-bond donors (Lipinski definition) is 1. The molecule has 0 saturated heterocycles. The van der Waals surface area contributed by atoms with Crippen LogP contribution in [0.3, 0.4) is 0 Å². The van der Waals surface area contributed by atoms with Gasteiger partial charge in [0.05, 0.1) is 18.3 Å². The molecule has 1 aromatic carbocycles. The van der Waals surface area contributed by atoms with Crippen molar-refractivity contribution >= 4 is 27.5 Å². The van der Waals surface area contributed by atoms with E-state index in [1.165, 1.54) is 15.8 Å². The van der Waals surface area contributed by atoms with E-state index < -0.39 is 0 Å². The number of aromatic nitrogens is 2. The van der Waals surface area contributed by atoms with Crippen LogP contribution in [-0.2, 0) is 24.2 Å². The smallest absolute Gasteiger partial charge is 0.262 e. The van der Waals surface area contributed by atoms with Gasteiger partial charge in [0.25, 0.3) is 5.56 Å². The number of carbonyl (C=O) groups excluding carboxylic acids is 1. The van der Waals surface area contributed by atoms with Crippen molar-refractivity contribution in [2.75, 3.05) is 13.2 Å². The minimum Gasteiger partial charge on any atom is -0.492 e. The molecule has 0 fully saturated rings. The van der Waals surface area contributed by atoms with Crippen LogP contribution in [0.1, 0.15) is 23.8 Å². The fourth-order valence-electron chi connectivity index (χ4n) is 3.57. The van der Waals surface area contributed by atoms with Gasteiger partial charge in [0.15, 0.2) is 0 Å². The summed E-state index contributed by atoms with van der Waals surface area (Å²) in [7, 11) is 0. The Bertz CT molecular complexity index is 1040. The molecule has 2 aromatic heterocycles. The quantitative estimate of drug-likeness (QED) is 0.649. The van der Waals surface area contributed by atoms with Gasteiger partial charge in [-0.1, -0.05) is 25.1 Å². The third-order valence-corrected chi connectivity index (χ3v) is 6.19. The zero-order chi connectivity index (χ0) is 19.5. The zero-order valence-electron chi connectivity index (χ0n) is 15.8. The van der Waals surface area contributed by atoms with Crippen LogP contribution >= 0.6 is 11.3 Å². The number of nitrogens with one attached hydrogen (secondary N) is 1. The number of thiophene rings is 1. The summed E-state index contributed by atoms with van der Waals surface area (Å²) in [5.74, 6) is 1.18. The Balaban J connectivity index is 1.39. The van der Waals surface area contributed by atoms with Gasteiger partial charge in [-0.05, 0) is 42.9 Å². The second-order valence-corrected chi connectivity index (χ2v) is 8.30. The van der Waals surface area contributed by atoms with E-state index in [0.717, 1.165) is 35.4 Å². The third-order valence-electron chi connectivity index (χ3n) is 5.03. The summed E-state index contributed by atoms with van der Waals surface area (Å²) < 4.78 is 6.96. The van der Waals surface area contributed by atoms with Crippen molar-refractivity contribution in [1.82, 2.24) is 14.9 Å². The molecule has 1 atom stereocenters. The second kappa shape index (κ2) is 8.14. The monoisotopic (exact) mass is 397 g/mol. The average molecular weight is 398 g/mol. The van der Waals surface area contributed by atoms with Crippen LogP contribution in [0.25, 0.3) is 10.2 Å². The SMILES string of the molecule is C[C@@H]1CCc2c(sc3ncn(CC(=O)NCCOc4ccccc4)c(=O)c23)C1. The minimum absolute atomic E-state index is 0.0336. The van der Waals surface area contributed by atoms with E-state index in [0.29, 0.717) is 24.5 Å². The molecule has 1 amide bonds. The molecule has 28 heavy (non-hydrogen) atoms. The number of aryl methyl sites for hydroxylation is 1. The molecule has 1 N–H and O–H groups in total. The topological polar surface area (TPSA) is 73.2 Å². The lowest BCUT2D eigenvalue weighted by Crippen LogP contribution is -2.34. The molecule has 146 valence electrons. The lowest BCUT2D eigenvalue weighted by atomic mass is 9.89. The standard InChI is InChI=1S/C21H23N3O3S/c1-14-7-8-16-17(11-14)28-20-19(16)21(26)24(13-23-20)12-18(25)22-9-10-27-15-5-3-2-4-6-15/h2-6,13-14H,7-12H2,1H3,(H,22,25)/t14-/m1/s1.